The molecule has 0 fully saturated rings. The standard InChI is InChI=1S/C14H29NO4.H2/c1-4-17-9-6-5-7-14(16)15-8-10-18-11-12-19-13(2)3;/h13H,4-12H2,1-3H3,(H,15,16);1H. The summed E-state index contributed by atoms with van der Waals surface area (Å²) in [7, 11) is 0. The van der Waals surface area contributed by atoms with E-state index >= 15 is 0 Å². The Balaban J connectivity index is 0. The van der Waals surface area contributed by atoms with E-state index in [1.54, 1.807) is 0 Å². The molecule has 0 aliphatic rings. The fourth-order valence-electron chi connectivity index (χ4n) is 1.43. The maximum atomic E-state index is 11.4. The Morgan fingerprint density at radius 1 is 1.11 bits per heavy atom. The van der Waals surface area contributed by atoms with Crippen molar-refractivity contribution in [2.75, 3.05) is 39.6 Å². The first-order chi connectivity index (χ1) is 9.16. The van der Waals surface area contributed by atoms with E-state index in [0.29, 0.717) is 32.8 Å². The maximum Gasteiger partial charge on any atom is 0.220 e. The molecule has 0 aliphatic heterocycles. The van der Waals surface area contributed by atoms with Crippen LogP contribution in [0, 0.1) is 0 Å². The van der Waals surface area contributed by atoms with Gasteiger partial charge < -0.3 is 19.5 Å². The molecular formula is C14H31NO4. The lowest BCUT2D eigenvalue weighted by Crippen LogP contribution is -2.27. The third-order valence-corrected chi connectivity index (χ3v) is 2.39. The molecular weight excluding hydrogens is 246 g/mol. The molecule has 116 valence electrons. The van der Waals surface area contributed by atoms with Crippen molar-refractivity contribution in [3.8, 4) is 0 Å². The number of hydrogen-bond donors (Lipinski definition) is 1. The van der Waals surface area contributed by atoms with Gasteiger partial charge in [-0.3, -0.25) is 4.79 Å². The summed E-state index contributed by atoms with van der Waals surface area (Å²) in [5, 5.41) is 2.83. The zero-order chi connectivity index (χ0) is 14.3. The molecule has 0 heterocycles. The number of carbonyl (C=O) groups is 1. The molecule has 1 N–H and O–H groups in total. The minimum absolute atomic E-state index is 0. The van der Waals surface area contributed by atoms with Gasteiger partial charge in [0.1, 0.15) is 0 Å². The Kier molecular flexibility index (Phi) is 13.3. The van der Waals surface area contributed by atoms with Crippen molar-refractivity contribution in [3.63, 3.8) is 0 Å². The number of nitrogens with one attached hydrogen (secondary N) is 1. The molecule has 5 heteroatoms. The minimum atomic E-state index is 0. The predicted molar refractivity (Wildman–Crippen MR) is 77.4 cm³/mol. The van der Waals surface area contributed by atoms with Gasteiger partial charge in [0.25, 0.3) is 0 Å². The van der Waals surface area contributed by atoms with Crippen molar-refractivity contribution in [2.24, 2.45) is 0 Å². The summed E-state index contributed by atoms with van der Waals surface area (Å²) in [5.74, 6) is 0.0820. The van der Waals surface area contributed by atoms with E-state index in [4.69, 9.17) is 14.2 Å². The van der Waals surface area contributed by atoms with Gasteiger partial charge in [-0.25, -0.2) is 0 Å². The highest BCUT2D eigenvalue weighted by Crippen LogP contribution is 1.95. The first kappa shape index (κ1) is 18.4. The van der Waals surface area contributed by atoms with Crippen molar-refractivity contribution in [1.29, 1.82) is 0 Å². The number of ether oxygens (including phenoxy) is 3. The second-order valence-corrected chi connectivity index (χ2v) is 4.54. The monoisotopic (exact) mass is 277 g/mol. The van der Waals surface area contributed by atoms with E-state index in [0.717, 1.165) is 26.1 Å². The Bertz CT molecular complexity index is 215. The van der Waals surface area contributed by atoms with E-state index in [2.05, 4.69) is 5.32 Å². The SMILES string of the molecule is CCOCCCCC(=O)NCCOCCOC(C)C.[HH]. The van der Waals surface area contributed by atoms with Gasteiger partial charge in [0.05, 0.1) is 25.9 Å². The molecule has 0 aliphatic carbocycles. The van der Waals surface area contributed by atoms with E-state index in [-0.39, 0.29) is 13.4 Å². The van der Waals surface area contributed by atoms with Crippen LogP contribution in [0.1, 0.15) is 41.5 Å². The van der Waals surface area contributed by atoms with Gasteiger partial charge in [-0.15, -0.1) is 0 Å². The van der Waals surface area contributed by atoms with Crippen LogP contribution in [-0.2, 0) is 19.0 Å². The quantitative estimate of drug-likeness (QED) is 0.523. The molecule has 0 bridgehead atoms. The summed E-state index contributed by atoms with van der Waals surface area (Å²) in [6, 6.07) is 0. The first-order valence-corrected chi connectivity index (χ1v) is 7.20. The predicted octanol–water partition coefficient (Wildman–Crippen LogP) is 2.00. The summed E-state index contributed by atoms with van der Waals surface area (Å²) in [4.78, 5) is 11.4. The first-order valence-electron chi connectivity index (χ1n) is 7.20. The Hall–Kier alpha value is -0.650. The summed E-state index contributed by atoms with van der Waals surface area (Å²) in [6.45, 7) is 9.70. The van der Waals surface area contributed by atoms with Crippen LogP contribution in [0.4, 0.5) is 0 Å². The summed E-state index contributed by atoms with van der Waals surface area (Å²) in [6.07, 6.45) is 2.60. The third-order valence-electron chi connectivity index (χ3n) is 2.39. The smallest absolute Gasteiger partial charge is 0.220 e. The third kappa shape index (κ3) is 15.3. The van der Waals surface area contributed by atoms with Crippen LogP contribution in [0.15, 0.2) is 0 Å². The lowest BCUT2D eigenvalue weighted by atomic mass is 10.2. The van der Waals surface area contributed by atoms with E-state index in [1.807, 2.05) is 20.8 Å². The average molecular weight is 277 g/mol. The van der Waals surface area contributed by atoms with Crippen molar-refractivity contribution >= 4 is 5.91 Å². The molecule has 0 rings (SSSR count). The molecule has 0 saturated heterocycles. The van der Waals surface area contributed by atoms with Crippen LogP contribution in [0.2, 0.25) is 0 Å². The zero-order valence-corrected chi connectivity index (χ0v) is 12.6. The van der Waals surface area contributed by atoms with Crippen molar-refractivity contribution < 1.29 is 20.4 Å². The van der Waals surface area contributed by atoms with Crippen molar-refractivity contribution in [3.05, 3.63) is 0 Å². The van der Waals surface area contributed by atoms with Crippen LogP contribution in [0.5, 0.6) is 0 Å². The number of unbranched alkanes of at least 4 members (excludes halogenated alkanes) is 1. The molecule has 1 amide bonds. The Morgan fingerprint density at radius 3 is 2.58 bits per heavy atom. The normalized spacial score (nSPS) is 10.9. The number of carbonyl (C=O) groups excluding carboxylic acids is 1. The van der Waals surface area contributed by atoms with Gasteiger partial charge in [-0.1, -0.05) is 0 Å². The van der Waals surface area contributed by atoms with Crippen molar-refractivity contribution in [2.45, 2.75) is 46.1 Å². The fraction of sp³-hybridized carbons (Fsp3) is 0.929. The van der Waals surface area contributed by atoms with Crippen LogP contribution in [-0.4, -0.2) is 51.6 Å². The molecule has 0 aromatic heterocycles. The highest BCUT2D eigenvalue weighted by molar-refractivity contribution is 5.75. The molecule has 0 spiro atoms. The van der Waals surface area contributed by atoms with Crippen LogP contribution in [0.3, 0.4) is 0 Å². The lowest BCUT2D eigenvalue weighted by Gasteiger charge is -2.09. The second-order valence-electron chi connectivity index (χ2n) is 4.54. The largest absolute Gasteiger partial charge is 0.382 e. The molecule has 5 nitrogen and oxygen atoms in total. The van der Waals surface area contributed by atoms with Gasteiger partial charge in [0.15, 0.2) is 0 Å². The Morgan fingerprint density at radius 2 is 1.89 bits per heavy atom. The molecule has 0 atom stereocenters. The van der Waals surface area contributed by atoms with Gasteiger partial charge in [-0.2, -0.15) is 0 Å². The van der Waals surface area contributed by atoms with Gasteiger partial charge in [0, 0.05) is 27.6 Å². The number of hydrogen-bond acceptors (Lipinski definition) is 4. The fourth-order valence-corrected chi connectivity index (χ4v) is 1.43. The maximum absolute atomic E-state index is 11.4. The average Bonchev–Trinajstić information content (AvgIpc) is 2.37. The van der Waals surface area contributed by atoms with Crippen molar-refractivity contribution in [1.82, 2.24) is 5.32 Å². The Labute approximate surface area is 118 Å². The van der Waals surface area contributed by atoms with Crippen LogP contribution < -0.4 is 5.32 Å². The topological polar surface area (TPSA) is 56.8 Å². The molecule has 0 aromatic carbocycles. The van der Waals surface area contributed by atoms with Gasteiger partial charge in [-0.05, 0) is 33.6 Å². The summed E-state index contributed by atoms with van der Waals surface area (Å²) >= 11 is 0. The molecule has 0 radical (unpaired) electrons. The number of amides is 1. The number of rotatable bonds is 13. The highest BCUT2D eigenvalue weighted by Gasteiger charge is 2.00. The highest BCUT2D eigenvalue weighted by atomic mass is 16.5. The zero-order valence-electron chi connectivity index (χ0n) is 12.6. The molecule has 0 saturated carbocycles. The van der Waals surface area contributed by atoms with Gasteiger partial charge in [0.2, 0.25) is 5.91 Å². The van der Waals surface area contributed by atoms with E-state index in [1.165, 1.54) is 0 Å². The lowest BCUT2D eigenvalue weighted by molar-refractivity contribution is -0.121. The molecule has 0 unspecified atom stereocenters. The van der Waals surface area contributed by atoms with E-state index < -0.39 is 0 Å². The van der Waals surface area contributed by atoms with Gasteiger partial charge >= 0.3 is 0 Å². The van der Waals surface area contributed by atoms with Crippen LogP contribution >= 0.6 is 0 Å². The molecule has 0 aromatic rings. The molecule has 19 heavy (non-hydrogen) atoms. The summed E-state index contributed by atoms with van der Waals surface area (Å²) < 4.78 is 15.9. The van der Waals surface area contributed by atoms with E-state index in [9.17, 15) is 4.79 Å². The second kappa shape index (κ2) is 13.8. The van der Waals surface area contributed by atoms with Crippen LogP contribution in [0.25, 0.3) is 0 Å². The summed E-state index contributed by atoms with van der Waals surface area (Å²) in [5.41, 5.74) is 0. The minimum Gasteiger partial charge on any atom is -0.382 e.